The zero-order valence-corrected chi connectivity index (χ0v) is 11.7. The van der Waals surface area contributed by atoms with E-state index in [0.29, 0.717) is 5.25 Å². The van der Waals surface area contributed by atoms with Gasteiger partial charge >= 0.3 is 0 Å². The fraction of sp³-hybridized carbons (Fsp3) is 0.692. The van der Waals surface area contributed by atoms with Crippen LogP contribution >= 0.6 is 11.8 Å². The van der Waals surface area contributed by atoms with Crippen LogP contribution in [0.5, 0.6) is 0 Å². The Morgan fingerprint density at radius 2 is 2.24 bits per heavy atom. The first-order valence-corrected chi connectivity index (χ1v) is 7.36. The minimum atomic E-state index is 0.634. The Balaban J connectivity index is 1.90. The molecule has 3 nitrogen and oxygen atoms in total. The Kier molecular flexibility index (Phi) is 4.40. The van der Waals surface area contributed by atoms with Crippen LogP contribution < -0.4 is 5.32 Å². The van der Waals surface area contributed by atoms with Crippen molar-refractivity contribution >= 4 is 11.8 Å². The Morgan fingerprint density at radius 1 is 1.47 bits per heavy atom. The normalized spacial score (nSPS) is 15.5. The van der Waals surface area contributed by atoms with E-state index in [1.807, 2.05) is 18.0 Å². The molecule has 0 amide bonds. The fourth-order valence-electron chi connectivity index (χ4n) is 1.57. The van der Waals surface area contributed by atoms with Crippen molar-refractivity contribution in [2.75, 3.05) is 0 Å². The number of aromatic nitrogens is 2. The highest BCUT2D eigenvalue weighted by Gasteiger charge is 2.20. The first-order chi connectivity index (χ1) is 8.15. The van der Waals surface area contributed by atoms with Gasteiger partial charge in [0.1, 0.15) is 5.82 Å². The van der Waals surface area contributed by atoms with Crippen molar-refractivity contribution in [3.8, 4) is 0 Å². The van der Waals surface area contributed by atoms with Gasteiger partial charge in [-0.25, -0.2) is 9.97 Å². The molecule has 1 saturated carbocycles. The molecule has 0 spiro atoms. The van der Waals surface area contributed by atoms with Crippen LogP contribution in [-0.2, 0) is 12.3 Å². The lowest BCUT2D eigenvalue weighted by molar-refractivity contribution is 0.678. The van der Waals surface area contributed by atoms with Gasteiger partial charge in [-0.15, -0.1) is 0 Å². The number of rotatable bonds is 6. The Bertz CT molecular complexity index is 375. The molecule has 4 heteroatoms. The number of aryl methyl sites for hydroxylation is 1. The average molecular weight is 251 g/mol. The third kappa shape index (κ3) is 4.28. The molecule has 1 fully saturated rings. The number of nitrogens with one attached hydrogen (secondary N) is 1. The molecule has 1 aromatic rings. The minimum absolute atomic E-state index is 0.634. The number of nitrogens with zero attached hydrogens (tertiary/aromatic N) is 2. The molecule has 1 N–H and O–H groups in total. The summed E-state index contributed by atoms with van der Waals surface area (Å²) in [5.74, 6) is 1.87. The van der Waals surface area contributed by atoms with Gasteiger partial charge in [-0.2, -0.15) is 11.8 Å². The van der Waals surface area contributed by atoms with Crippen molar-refractivity contribution in [2.24, 2.45) is 0 Å². The summed E-state index contributed by atoms with van der Waals surface area (Å²) >= 11 is 1.89. The molecular weight excluding hydrogens is 230 g/mol. The number of hydrogen-bond donors (Lipinski definition) is 1. The molecule has 1 aliphatic carbocycles. The zero-order chi connectivity index (χ0) is 12.3. The Morgan fingerprint density at radius 3 is 2.82 bits per heavy atom. The van der Waals surface area contributed by atoms with Crippen LogP contribution in [0.25, 0.3) is 0 Å². The monoisotopic (exact) mass is 251 g/mol. The second kappa shape index (κ2) is 5.83. The predicted octanol–water partition coefficient (Wildman–Crippen LogP) is 2.68. The van der Waals surface area contributed by atoms with Gasteiger partial charge in [-0.3, -0.25) is 0 Å². The summed E-state index contributed by atoms with van der Waals surface area (Å²) in [5.41, 5.74) is 2.35. The first-order valence-electron chi connectivity index (χ1n) is 6.31. The van der Waals surface area contributed by atoms with Crippen molar-refractivity contribution < 1.29 is 0 Å². The largest absolute Gasteiger partial charge is 0.310 e. The lowest BCUT2D eigenvalue weighted by Gasteiger charge is -2.08. The van der Waals surface area contributed by atoms with Crippen LogP contribution in [0.3, 0.4) is 0 Å². The fourth-order valence-corrected chi connectivity index (χ4v) is 2.19. The van der Waals surface area contributed by atoms with Gasteiger partial charge in [0, 0.05) is 30.0 Å². The van der Waals surface area contributed by atoms with E-state index in [1.54, 1.807) is 0 Å². The van der Waals surface area contributed by atoms with E-state index in [0.717, 1.165) is 29.9 Å². The van der Waals surface area contributed by atoms with Gasteiger partial charge in [-0.1, -0.05) is 13.8 Å². The van der Waals surface area contributed by atoms with E-state index >= 15 is 0 Å². The predicted molar refractivity (Wildman–Crippen MR) is 73.1 cm³/mol. The van der Waals surface area contributed by atoms with E-state index in [4.69, 9.17) is 0 Å². The SMILES string of the molecule is Cc1nc(CSC(C)C)ncc1CNC1CC1. The van der Waals surface area contributed by atoms with E-state index in [9.17, 15) is 0 Å². The van der Waals surface area contributed by atoms with Crippen LogP contribution in [0, 0.1) is 6.92 Å². The third-order valence-electron chi connectivity index (χ3n) is 2.84. The second-order valence-electron chi connectivity index (χ2n) is 4.91. The molecule has 0 bridgehead atoms. The smallest absolute Gasteiger partial charge is 0.138 e. The van der Waals surface area contributed by atoms with Crippen LogP contribution in [0.2, 0.25) is 0 Å². The highest BCUT2D eigenvalue weighted by molar-refractivity contribution is 7.99. The van der Waals surface area contributed by atoms with Gasteiger partial charge in [0.05, 0.1) is 5.75 Å². The Hall–Kier alpha value is -0.610. The standard InChI is InChI=1S/C13H21N3S/c1-9(2)17-8-13-15-7-11(10(3)16-13)6-14-12-4-5-12/h7,9,12,14H,4-6,8H2,1-3H3. The third-order valence-corrected chi connectivity index (χ3v) is 3.93. The number of thioether (sulfide) groups is 1. The van der Waals surface area contributed by atoms with Gasteiger partial charge in [-0.05, 0) is 25.0 Å². The van der Waals surface area contributed by atoms with Crippen molar-refractivity contribution in [2.45, 2.75) is 57.2 Å². The highest BCUT2D eigenvalue weighted by Crippen LogP contribution is 2.20. The van der Waals surface area contributed by atoms with Gasteiger partial charge in [0.2, 0.25) is 0 Å². The highest BCUT2D eigenvalue weighted by atomic mass is 32.2. The molecule has 0 aliphatic heterocycles. The summed E-state index contributed by atoms with van der Waals surface area (Å²) in [5, 5.41) is 4.13. The van der Waals surface area contributed by atoms with Crippen molar-refractivity contribution in [3.05, 3.63) is 23.3 Å². The first kappa shape index (κ1) is 12.8. The Labute approximate surface area is 108 Å². The van der Waals surface area contributed by atoms with Gasteiger partial charge in [0.15, 0.2) is 0 Å². The average Bonchev–Trinajstić information content (AvgIpc) is 3.09. The molecule has 0 unspecified atom stereocenters. The van der Waals surface area contributed by atoms with E-state index < -0.39 is 0 Å². The van der Waals surface area contributed by atoms with E-state index in [2.05, 4.69) is 36.1 Å². The zero-order valence-electron chi connectivity index (χ0n) is 10.9. The van der Waals surface area contributed by atoms with Gasteiger partial charge < -0.3 is 5.32 Å². The summed E-state index contributed by atoms with van der Waals surface area (Å²) in [6.07, 6.45) is 4.62. The minimum Gasteiger partial charge on any atom is -0.310 e. The summed E-state index contributed by atoms with van der Waals surface area (Å²) in [7, 11) is 0. The summed E-state index contributed by atoms with van der Waals surface area (Å²) < 4.78 is 0. The van der Waals surface area contributed by atoms with Crippen LogP contribution in [0.4, 0.5) is 0 Å². The molecule has 2 rings (SSSR count). The molecular formula is C13H21N3S. The van der Waals surface area contributed by atoms with Gasteiger partial charge in [0.25, 0.3) is 0 Å². The molecule has 0 radical (unpaired) electrons. The maximum absolute atomic E-state index is 4.57. The quantitative estimate of drug-likeness (QED) is 0.843. The van der Waals surface area contributed by atoms with E-state index in [-0.39, 0.29) is 0 Å². The van der Waals surface area contributed by atoms with Crippen LogP contribution in [0.15, 0.2) is 6.20 Å². The maximum Gasteiger partial charge on any atom is 0.138 e. The topological polar surface area (TPSA) is 37.8 Å². The van der Waals surface area contributed by atoms with Crippen LogP contribution in [-0.4, -0.2) is 21.3 Å². The molecule has 0 saturated heterocycles. The van der Waals surface area contributed by atoms with Crippen LogP contribution in [0.1, 0.15) is 43.8 Å². The molecule has 1 heterocycles. The van der Waals surface area contributed by atoms with E-state index in [1.165, 1.54) is 18.4 Å². The summed E-state index contributed by atoms with van der Waals surface area (Å²) in [4.78, 5) is 9.01. The molecule has 0 aromatic carbocycles. The molecule has 0 atom stereocenters. The lowest BCUT2D eigenvalue weighted by atomic mass is 10.2. The van der Waals surface area contributed by atoms with Crippen molar-refractivity contribution in [3.63, 3.8) is 0 Å². The lowest BCUT2D eigenvalue weighted by Crippen LogP contribution is -2.17. The molecule has 17 heavy (non-hydrogen) atoms. The molecule has 94 valence electrons. The molecule has 1 aromatic heterocycles. The number of hydrogen-bond acceptors (Lipinski definition) is 4. The second-order valence-corrected chi connectivity index (χ2v) is 6.48. The maximum atomic E-state index is 4.57. The summed E-state index contributed by atoms with van der Waals surface area (Å²) in [6.45, 7) is 7.39. The molecule has 1 aliphatic rings. The summed E-state index contributed by atoms with van der Waals surface area (Å²) in [6, 6.07) is 0.741. The van der Waals surface area contributed by atoms with Crippen molar-refractivity contribution in [1.82, 2.24) is 15.3 Å². The van der Waals surface area contributed by atoms with Crippen molar-refractivity contribution in [1.29, 1.82) is 0 Å².